The van der Waals surface area contributed by atoms with Crippen molar-refractivity contribution < 1.29 is 53.4 Å². The number of hydrogen-bond acceptors (Lipinski definition) is 5. The second kappa shape index (κ2) is 36.5. The van der Waals surface area contributed by atoms with E-state index in [1.165, 1.54) is 105 Å². The average molecular weight is 2010 g/mol. The molecule has 3 N–H and O–H groups in total. The molecule has 0 bridgehead atoms. The number of fused-ring (bicyclic) bond motifs is 9. The van der Waals surface area contributed by atoms with Crippen molar-refractivity contribution in [2.75, 3.05) is 15.1 Å². The molecule has 0 aliphatic heterocycles. The van der Waals surface area contributed by atoms with Crippen molar-refractivity contribution >= 4 is 154 Å². The van der Waals surface area contributed by atoms with Gasteiger partial charge in [-0.05, 0) is 291 Å². The monoisotopic (exact) mass is 2000 g/mol. The molecule has 0 radical (unpaired) electrons. The predicted octanol–water partition coefficient (Wildman–Crippen LogP) is 35.4. The maximum Gasteiger partial charge on any atom is 0.300 e. The second-order valence-electron chi connectivity index (χ2n) is 37.5. The molecule has 0 saturated carbocycles. The molecule has 136 heavy (non-hydrogen) atoms. The third kappa shape index (κ3) is 16.4. The van der Waals surface area contributed by atoms with Gasteiger partial charge in [-0.2, -0.15) is 0 Å². The van der Waals surface area contributed by atoms with E-state index in [-0.39, 0.29) is 54.1 Å². The van der Waals surface area contributed by atoms with Gasteiger partial charge >= 0.3 is 0 Å². The van der Waals surface area contributed by atoms with Crippen LogP contribution < -0.4 is 15.1 Å². The fraction of sp³-hybridized carbons (Fsp3) is 0.138. The minimum atomic E-state index is -0.833. The smallest absolute Gasteiger partial charge is 0.300 e. The van der Waals surface area contributed by atoms with E-state index in [4.69, 9.17) is 19.8 Å². The maximum absolute atomic E-state index is 16.5. The van der Waals surface area contributed by atoms with E-state index in [1.54, 1.807) is 18.2 Å². The molecule has 3 aliphatic rings. The molecule has 0 spiro atoms. The van der Waals surface area contributed by atoms with Crippen LogP contribution in [0.4, 0.5) is 58.7 Å². The summed E-state index contributed by atoms with van der Waals surface area (Å²) in [6.45, 7) is 28.6. The number of anilines is 8. The topological polar surface area (TPSA) is 93.1 Å². The van der Waals surface area contributed by atoms with Crippen LogP contribution in [0.2, 0.25) is 0 Å². The first-order chi connectivity index (χ1) is 64.8. The number of rotatable bonds is 11. The Morgan fingerprint density at radius 3 is 0.860 bits per heavy atom. The summed E-state index contributed by atoms with van der Waals surface area (Å²) in [6, 6.07) is 116. The van der Waals surface area contributed by atoms with Crippen molar-refractivity contribution in [1.82, 2.24) is 0 Å². The van der Waals surface area contributed by atoms with Crippen LogP contribution in [0, 0.1) is 59.0 Å². The van der Waals surface area contributed by atoms with Crippen molar-refractivity contribution in [3.8, 4) is 66.8 Å². The molecule has 13 heteroatoms. The number of halogens is 5. The van der Waals surface area contributed by atoms with E-state index in [9.17, 15) is 4.39 Å². The largest absolute Gasteiger partial charge is 0.481 e. The van der Waals surface area contributed by atoms with Gasteiger partial charge in [-0.15, -0.1) is 0 Å². The van der Waals surface area contributed by atoms with E-state index in [2.05, 4.69) is 316 Å². The molecule has 0 aromatic heterocycles. The van der Waals surface area contributed by atoms with Gasteiger partial charge in [0.1, 0.15) is 17.5 Å². The molecule has 0 heterocycles. The second-order valence-corrected chi connectivity index (χ2v) is 39.2. The number of nitrogens with zero attached hydrogens (tertiary/aromatic N) is 2. The van der Waals surface area contributed by atoms with Crippen molar-refractivity contribution in [3.63, 3.8) is 0 Å². The zero-order valence-electron chi connectivity index (χ0n) is 78.1. The maximum atomic E-state index is 16.5. The van der Waals surface area contributed by atoms with Crippen molar-refractivity contribution in [2.24, 2.45) is 0 Å². The minimum Gasteiger partial charge on any atom is -0.481 e. The molecule has 7 nitrogen and oxygen atoms in total. The van der Waals surface area contributed by atoms with Gasteiger partial charge in [0.2, 0.25) is 0 Å². The Bertz CT molecular complexity index is 7800. The summed E-state index contributed by atoms with van der Waals surface area (Å²) in [6.07, 6.45) is 0. The van der Waals surface area contributed by atoms with Gasteiger partial charge in [0.15, 0.2) is 0 Å². The summed E-state index contributed by atoms with van der Waals surface area (Å²) in [5, 5.41) is 33.0. The quantitative estimate of drug-likeness (QED) is 0.0877. The third-order valence-corrected chi connectivity index (χ3v) is 29.1. The van der Waals surface area contributed by atoms with Gasteiger partial charge in [-0.25, -0.2) is 13.2 Å². The molecule has 0 atom stereocenters. The number of carboxylic acids is 2. The summed E-state index contributed by atoms with van der Waals surface area (Å²) in [7, 11) is 0. The number of benzene rings is 20. The van der Waals surface area contributed by atoms with Gasteiger partial charge < -0.3 is 25.3 Å². The number of nitrogens with one attached hydrogen (secondary N) is 1. The van der Waals surface area contributed by atoms with Crippen LogP contribution in [-0.4, -0.2) is 22.2 Å². The molecule has 20 aromatic carbocycles. The Balaban J connectivity index is 0.000000171. The fourth-order valence-corrected chi connectivity index (χ4v) is 22.0. The fourth-order valence-electron chi connectivity index (χ4n) is 21.1. The molecule has 0 amide bonds. The molecule has 0 unspecified atom stereocenters. The van der Waals surface area contributed by atoms with Crippen LogP contribution >= 0.6 is 31.9 Å². The molecule has 0 fully saturated rings. The van der Waals surface area contributed by atoms with E-state index in [0.29, 0.717) is 16.7 Å². The Morgan fingerprint density at radius 2 is 0.515 bits per heavy atom. The normalized spacial score (nSPS) is 12.9. The summed E-state index contributed by atoms with van der Waals surface area (Å²) < 4.78 is 50.0. The molecule has 20 aromatic rings. The molecule has 23 rings (SSSR count). The Labute approximate surface area is 822 Å². The Hall–Kier alpha value is -13.8. The summed E-state index contributed by atoms with van der Waals surface area (Å²) in [4.78, 5) is 22.8. The van der Waals surface area contributed by atoms with E-state index >= 15 is 8.78 Å². The van der Waals surface area contributed by atoms with Crippen LogP contribution in [0.5, 0.6) is 0 Å². The minimum absolute atomic E-state index is 0. The standard InChI is InChI=1S/C74H58F2N2.C29H26FN.C16H8Br2.2C2H4O2.Pd/c1-43-35-61-57(51-23-15-17-25-59(51)73(61,5)6)41-69(43)77(67-39-55(63(75)37-45(67)3)47-19-11-9-12-20-47)65-33-29-49-28-32-54-66(34-30-50-27-31-53(65)71(49)72(50)54)78(68-40-56(64(76)38-46(68)4)48-21-13-10-14-22-48)70-42-58-52-24-16-18-26-60(52)74(7,8)62(58)36-44(70)2;1-18-14-25-23(21-12-8-9-13-24(21)29(25,3)4)17-28(18)31-27-16-22(26(30)15-19(27)2)20-10-6-5-7-11-20;17-13-8-4-10-2-6-12-14(18)7-3-9-1-5-11(13)16(10)15(9)12;2*1-2(3)4;/h9-42H,1-8H3;5-17,31H,1-4H3;1-8H;2*1H3,(H,3,4);. The molecular weight excluding hydrogens is 1910 g/mol. The van der Waals surface area contributed by atoms with E-state index in [1.807, 2.05) is 130 Å². The number of aryl methyl sites for hydroxylation is 6. The Morgan fingerprint density at radius 1 is 0.272 bits per heavy atom. The van der Waals surface area contributed by atoms with Gasteiger partial charge in [-0.3, -0.25) is 9.59 Å². The third-order valence-electron chi connectivity index (χ3n) is 27.8. The van der Waals surface area contributed by atoms with Crippen molar-refractivity contribution in [1.29, 1.82) is 0 Å². The van der Waals surface area contributed by atoms with Gasteiger partial charge in [0.05, 0.1) is 11.4 Å². The van der Waals surface area contributed by atoms with Crippen LogP contribution in [0.3, 0.4) is 0 Å². The number of hydrogen-bond donors (Lipinski definition) is 3. The summed E-state index contributed by atoms with van der Waals surface area (Å²) >= 11 is 7.30. The SMILES string of the molecule is Brc1ccc2ccc3c(Br)ccc4ccc1c2c43.CC(=O)O.CC(=O)O.Cc1cc(F)c(-c2ccccc2)cc1N(c1cc2c(cc1C)C(C)(C)c1ccccc1-2)c1ccc2ccc3c(N(c4cc(-c5ccccc5)c(F)cc4C)c4cc5c(cc4C)C(C)(C)c4ccccc4-5)ccc4ccc1c2c43.Cc1cc(F)c(-c2ccccc2)cc1Nc1cc2c(cc1C)C(C)(C)c1ccccc1-2.[Pd]. The number of aliphatic carboxylic acids is 2. The molecular formula is C123H100Br2F3N3O4Pd. The first kappa shape index (κ1) is 92.7. The van der Waals surface area contributed by atoms with Crippen LogP contribution in [0.1, 0.15) is 122 Å². The molecule has 676 valence electrons. The first-order valence-electron chi connectivity index (χ1n) is 45.6. The van der Waals surface area contributed by atoms with Crippen LogP contribution in [0.15, 0.2) is 343 Å². The van der Waals surface area contributed by atoms with Gasteiger partial charge in [0, 0.05) is 121 Å². The molecule has 0 saturated heterocycles. The van der Waals surface area contributed by atoms with Crippen LogP contribution in [0.25, 0.3) is 131 Å². The van der Waals surface area contributed by atoms with Crippen molar-refractivity contribution in [3.05, 3.63) is 427 Å². The first-order valence-corrected chi connectivity index (χ1v) is 47.2. The zero-order chi connectivity index (χ0) is 94.7. The summed E-state index contributed by atoms with van der Waals surface area (Å²) in [5.74, 6) is -2.37. The van der Waals surface area contributed by atoms with Crippen LogP contribution in [-0.2, 0) is 46.3 Å². The van der Waals surface area contributed by atoms with E-state index in [0.717, 1.165) is 145 Å². The number of carboxylic acid groups (broad SMARTS) is 2. The van der Waals surface area contributed by atoms with Gasteiger partial charge in [-0.1, -0.05) is 328 Å². The average Bonchev–Trinajstić information content (AvgIpc) is 1.29. The van der Waals surface area contributed by atoms with Gasteiger partial charge in [0.25, 0.3) is 11.9 Å². The van der Waals surface area contributed by atoms with Crippen molar-refractivity contribution in [2.45, 2.75) is 113 Å². The summed E-state index contributed by atoms with van der Waals surface area (Å²) in [5.41, 5.74) is 33.2. The zero-order valence-corrected chi connectivity index (χ0v) is 82.8. The van der Waals surface area contributed by atoms with E-state index < -0.39 is 11.9 Å². The number of carbonyl (C=O) groups is 2. The predicted molar refractivity (Wildman–Crippen MR) is 565 cm³/mol. The molecule has 3 aliphatic carbocycles. The Kier molecular flexibility index (Phi) is 24.8.